The van der Waals surface area contributed by atoms with Crippen LogP contribution in [0.3, 0.4) is 0 Å². The molecule has 2 aliphatic rings. The van der Waals surface area contributed by atoms with Crippen LogP contribution in [0.15, 0.2) is 54.2 Å². The van der Waals surface area contributed by atoms with Crippen molar-refractivity contribution in [1.82, 2.24) is 25.2 Å². The fourth-order valence-corrected chi connectivity index (χ4v) is 5.72. The van der Waals surface area contributed by atoms with Crippen molar-refractivity contribution in [3.63, 3.8) is 0 Å². The summed E-state index contributed by atoms with van der Waals surface area (Å²) in [7, 11) is 0. The highest BCUT2D eigenvalue weighted by Gasteiger charge is 2.51. The van der Waals surface area contributed by atoms with Crippen molar-refractivity contribution in [2.75, 3.05) is 0 Å². The number of nitrogens with zero attached hydrogens (tertiary/aromatic N) is 4. The van der Waals surface area contributed by atoms with E-state index >= 15 is 0 Å². The number of benzene rings is 1. The first kappa shape index (κ1) is 22.5. The van der Waals surface area contributed by atoms with Gasteiger partial charge in [0.1, 0.15) is 11.3 Å². The second-order valence-electron chi connectivity index (χ2n) is 9.28. The maximum atomic E-state index is 12.9. The van der Waals surface area contributed by atoms with Crippen LogP contribution >= 0.6 is 11.3 Å². The van der Waals surface area contributed by atoms with Gasteiger partial charge < -0.3 is 10.1 Å². The van der Waals surface area contributed by atoms with Gasteiger partial charge in [-0.15, -0.1) is 11.3 Å². The van der Waals surface area contributed by atoms with Gasteiger partial charge in [-0.1, -0.05) is 30.3 Å². The molecule has 0 radical (unpaired) electrons. The van der Waals surface area contributed by atoms with Crippen LogP contribution in [0.2, 0.25) is 0 Å². The van der Waals surface area contributed by atoms with Crippen LogP contribution in [-0.4, -0.2) is 49.5 Å². The first-order valence-electron chi connectivity index (χ1n) is 11.5. The number of carbonyl (C=O) groups is 2. The number of hydrogen-bond donors (Lipinski definition) is 1. The molecule has 34 heavy (non-hydrogen) atoms. The number of amides is 2. The molecule has 8 nitrogen and oxygen atoms in total. The van der Waals surface area contributed by atoms with Gasteiger partial charge in [0.15, 0.2) is 10.8 Å². The van der Waals surface area contributed by atoms with E-state index < -0.39 is 5.60 Å². The second-order valence-corrected chi connectivity index (χ2v) is 10.1. The first-order valence-corrected chi connectivity index (χ1v) is 12.4. The third-order valence-electron chi connectivity index (χ3n) is 6.53. The second kappa shape index (κ2) is 9.13. The molecule has 1 saturated carbocycles. The van der Waals surface area contributed by atoms with Crippen LogP contribution in [0.5, 0.6) is 0 Å². The molecule has 1 atom stereocenters. The van der Waals surface area contributed by atoms with Crippen molar-refractivity contribution in [2.24, 2.45) is 0 Å². The zero-order valence-electron chi connectivity index (χ0n) is 19.2. The lowest BCUT2D eigenvalue weighted by molar-refractivity contribution is 0.0663. The Morgan fingerprint density at radius 1 is 1.09 bits per heavy atom. The van der Waals surface area contributed by atoms with Gasteiger partial charge >= 0.3 is 6.09 Å². The van der Waals surface area contributed by atoms with Crippen LogP contribution in [0.1, 0.15) is 61.6 Å². The van der Waals surface area contributed by atoms with E-state index in [1.165, 1.54) is 11.3 Å². The molecule has 3 heterocycles. The molecule has 176 valence electrons. The van der Waals surface area contributed by atoms with E-state index in [0.29, 0.717) is 16.5 Å². The minimum absolute atomic E-state index is 0.0451. The average molecular weight is 478 g/mol. The highest BCUT2D eigenvalue weighted by Crippen LogP contribution is 2.44. The van der Waals surface area contributed by atoms with Gasteiger partial charge in [-0.25, -0.2) is 19.7 Å². The number of nitrogens with one attached hydrogen (secondary N) is 1. The topological polar surface area (TPSA) is 97.3 Å². The quantitative estimate of drug-likeness (QED) is 0.576. The summed E-state index contributed by atoms with van der Waals surface area (Å²) in [5.74, 6) is 0.325. The number of hydrogen-bond acceptors (Lipinski definition) is 7. The zero-order chi connectivity index (χ0) is 23.7. The van der Waals surface area contributed by atoms with E-state index in [1.54, 1.807) is 23.8 Å². The fraction of sp³-hybridized carbons (Fsp3) is 0.400. The number of ether oxygens (including phenoxy) is 1. The molecule has 0 spiro atoms. The van der Waals surface area contributed by atoms with E-state index in [4.69, 9.17) is 4.74 Å². The van der Waals surface area contributed by atoms with Gasteiger partial charge in [-0.3, -0.25) is 9.69 Å². The molecule has 3 aromatic rings. The molecule has 5 rings (SSSR count). The minimum Gasteiger partial charge on any atom is -0.441 e. The molecule has 2 fully saturated rings. The highest BCUT2D eigenvalue weighted by atomic mass is 32.1. The number of aromatic nitrogens is 3. The third-order valence-corrected chi connectivity index (χ3v) is 7.37. The summed E-state index contributed by atoms with van der Waals surface area (Å²) in [6.45, 7) is 3.94. The summed E-state index contributed by atoms with van der Waals surface area (Å²) in [6.07, 6.45) is 6.24. The van der Waals surface area contributed by atoms with Crippen LogP contribution in [-0.2, 0) is 4.74 Å². The summed E-state index contributed by atoms with van der Waals surface area (Å²) < 4.78 is 5.77. The lowest BCUT2D eigenvalue weighted by Gasteiger charge is -2.38. The van der Waals surface area contributed by atoms with Crippen molar-refractivity contribution in [1.29, 1.82) is 0 Å². The van der Waals surface area contributed by atoms with Crippen molar-refractivity contribution in [2.45, 2.75) is 63.3 Å². The smallest absolute Gasteiger partial charge is 0.411 e. The molecule has 1 saturated heterocycles. The van der Waals surface area contributed by atoms with E-state index in [9.17, 15) is 9.59 Å². The van der Waals surface area contributed by atoms with Crippen LogP contribution in [0.25, 0.3) is 10.8 Å². The molecular weight excluding hydrogens is 450 g/mol. The summed E-state index contributed by atoms with van der Waals surface area (Å²) in [6, 6.07) is 11.8. The number of rotatable bonds is 5. The van der Waals surface area contributed by atoms with Gasteiger partial charge in [0.05, 0.1) is 6.04 Å². The van der Waals surface area contributed by atoms with Crippen molar-refractivity contribution < 1.29 is 14.3 Å². The third kappa shape index (κ3) is 4.40. The van der Waals surface area contributed by atoms with Crippen LogP contribution in [0, 0.1) is 0 Å². The normalized spacial score (nSPS) is 24.0. The first-order chi connectivity index (χ1) is 16.4. The molecule has 1 unspecified atom stereocenters. The summed E-state index contributed by atoms with van der Waals surface area (Å²) in [5, 5.41) is 5.47. The molecule has 1 aliphatic carbocycles. The summed E-state index contributed by atoms with van der Waals surface area (Å²) in [5.41, 5.74) is 0.855. The monoisotopic (exact) mass is 477 g/mol. The molecule has 1 N–H and O–H groups in total. The van der Waals surface area contributed by atoms with Crippen molar-refractivity contribution in [3.05, 3.63) is 65.4 Å². The molecule has 0 bridgehead atoms. The Hall–Kier alpha value is -3.33. The van der Waals surface area contributed by atoms with Crippen molar-refractivity contribution >= 4 is 23.3 Å². The maximum Gasteiger partial charge on any atom is 0.411 e. The Morgan fingerprint density at radius 3 is 2.50 bits per heavy atom. The lowest BCUT2D eigenvalue weighted by atomic mass is 9.86. The van der Waals surface area contributed by atoms with Gasteiger partial charge in [-0.2, -0.15) is 0 Å². The predicted molar refractivity (Wildman–Crippen MR) is 128 cm³/mol. The van der Waals surface area contributed by atoms with Crippen molar-refractivity contribution in [3.8, 4) is 10.8 Å². The largest absolute Gasteiger partial charge is 0.441 e. The molecule has 1 aliphatic heterocycles. The molecular formula is C25H27N5O3S. The Labute approximate surface area is 202 Å². The van der Waals surface area contributed by atoms with E-state index in [-0.39, 0.29) is 30.1 Å². The molecule has 1 aromatic carbocycles. The predicted octanol–water partition coefficient (Wildman–Crippen LogP) is 4.61. The van der Waals surface area contributed by atoms with Gasteiger partial charge in [0, 0.05) is 29.9 Å². The van der Waals surface area contributed by atoms with Gasteiger partial charge in [-0.05, 0) is 51.2 Å². The summed E-state index contributed by atoms with van der Waals surface area (Å²) in [4.78, 5) is 40.3. The number of carbonyl (C=O) groups excluding carboxylic acids is 2. The zero-order valence-corrected chi connectivity index (χ0v) is 20.0. The lowest BCUT2D eigenvalue weighted by Crippen LogP contribution is -2.46. The average Bonchev–Trinajstić information content (AvgIpc) is 3.43. The molecule has 2 aromatic heterocycles. The van der Waals surface area contributed by atoms with E-state index in [2.05, 4.69) is 32.4 Å². The van der Waals surface area contributed by atoms with E-state index in [0.717, 1.165) is 31.2 Å². The number of thiazole rings is 1. The Kier molecular flexibility index (Phi) is 6.03. The van der Waals surface area contributed by atoms with Crippen LogP contribution in [0.4, 0.5) is 4.79 Å². The maximum absolute atomic E-state index is 12.9. The molecule has 9 heteroatoms. The Morgan fingerprint density at radius 2 is 1.79 bits per heavy atom. The van der Waals surface area contributed by atoms with Gasteiger partial charge in [0.25, 0.3) is 5.91 Å². The highest BCUT2D eigenvalue weighted by molar-refractivity contribution is 7.13. The van der Waals surface area contributed by atoms with Crippen LogP contribution < -0.4 is 5.32 Å². The fourth-order valence-electron chi connectivity index (χ4n) is 4.98. The SMILES string of the molecule is CC1(C)OC(=O)N(C2CCC(NC(=O)c3csc(-c4ncccn4)n3)CC2)C1c1ccccc1. The number of cyclic esters (lactones) is 1. The summed E-state index contributed by atoms with van der Waals surface area (Å²) >= 11 is 1.35. The van der Waals surface area contributed by atoms with Gasteiger partial charge in [0.2, 0.25) is 0 Å². The Bertz CT molecular complexity index is 1160. The van der Waals surface area contributed by atoms with E-state index in [1.807, 2.05) is 36.9 Å². The Balaban J connectivity index is 1.22. The molecule has 2 amide bonds. The standard InChI is InChI=1S/C25H27N5O3S/c1-25(2)20(16-7-4-3-5-8-16)30(24(32)33-25)18-11-9-17(10-12-18)28-22(31)19-15-34-23(29-19)21-26-13-6-14-27-21/h3-8,13-15,17-18,20H,9-12H2,1-2H3,(H,28,31). The minimum atomic E-state index is -0.603.